The molecule has 7 rings (SSSR count). The summed E-state index contributed by atoms with van der Waals surface area (Å²) in [6.45, 7) is 2.98. The monoisotopic (exact) mass is 719 g/mol. The Morgan fingerprint density at radius 1 is 0.962 bits per heavy atom. The van der Waals surface area contributed by atoms with Crippen molar-refractivity contribution in [1.82, 2.24) is 15.2 Å². The third-order valence-electron chi connectivity index (χ3n) is 10.8. The topological polar surface area (TPSA) is 147 Å². The Hall–Kier alpha value is -5.65. The van der Waals surface area contributed by atoms with Crippen molar-refractivity contribution >= 4 is 51.8 Å². The summed E-state index contributed by atoms with van der Waals surface area (Å²) in [5, 5.41) is 9.39. The number of pyridine rings is 1. The maximum Gasteiger partial charge on any atom is 0.264 e. The zero-order valence-electron chi connectivity index (χ0n) is 29.5. The Morgan fingerprint density at radius 2 is 1.75 bits per heavy atom. The van der Waals surface area contributed by atoms with Crippen LogP contribution in [0.15, 0.2) is 72.9 Å². The summed E-state index contributed by atoms with van der Waals surface area (Å²) in [6, 6.07) is 18.0. The summed E-state index contributed by atoms with van der Waals surface area (Å²) in [5.41, 5.74) is 3.64. The summed E-state index contributed by atoms with van der Waals surface area (Å²) in [6.07, 6.45) is 7.16. The van der Waals surface area contributed by atoms with E-state index in [0.29, 0.717) is 36.2 Å². The Bertz CT molecular complexity index is 2060. The molecule has 274 valence electrons. The second-order valence-electron chi connectivity index (χ2n) is 14.1. The average molecular weight is 720 g/mol. The molecule has 1 unspecified atom stereocenters. The molecule has 3 aliphatic rings. The van der Waals surface area contributed by atoms with Crippen molar-refractivity contribution in [3.63, 3.8) is 0 Å². The van der Waals surface area contributed by atoms with E-state index in [4.69, 9.17) is 4.74 Å². The van der Waals surface area contributed by atoms with Crippen LogP contribution < -0.4 is 20.7 Å². The van der Waals surface area contributed by atoms with E-state index in [2.05, 4.69) is 20.9 Å². The molecule has 0 spiro atoms. The van der Waals surface area contributed by atoms with Gasteiger partial charge in [0.1, 0.15) is 17.6 Å². The third kappa shape index (κ3) is 7.62. The smallest absolute Gasteiger partial charge is 0.264 e. The molecule has 2 fully saturated rings. The highest BCUT2D eigenvalue weighted by atomic mass is 19.1. The van der Waals surface area contributed by atoms with Crippen molar-refractivity contribution in [2.75, 3.05) is 23.8 Å². The second-order valence-corrected chi connectivity index (χ2v) is 14.1. The first-order chi connectivity index (χ1) is 25.7. The lowest BCUT2D eigenvalue weighted by Gasteiger charge is -2.32. The molecule has 1 saturated heterocycles. The molecule has 0 radical (unpaired) electrons. The van der Waals surface area contributed by atoms with Gasteiger partial charge in [0.2, 0.25) is 17.7 Å². The van der Waals surface area contributed by atoms with Crippen molar-refractivity contribution < 1.29 is 33.1 Å². The van der Waals surface area contributed by atoms with Crippen LogP contribution in [-0.4, -0.2) is 58.6 Å². The van der Waals surface area contributed by atoms with Crippen LogP contribution in [0.25, 0.3) is 10.9 Å². The number of aromatic nitrogens is 1. The van der Waals surface area contributed by atoms with Crippen LogP contribution in [0.5, 0.6) is 5.75 Å². The van der Waals surface area contributed by atoms with Gasteiger partial charge < -0.3 is 15.4 Å². The number of carbonyl (C=O) groups is 5. The number of nitrogens with one attached hydrogen (secondary N) is 3. The molecule has 4 aromatic rings. The van der Waals surface area contributed by atoms with Crippen molar-refractivity contribution in [3.8, 4) is 5.75 Å². The predicted octanol–water partition coefficient (Wildman–Crippen LogP) is 6.59. The number of benzene rings is 3. The quantitative estimate of drug-likeness (QED) is 0.110. The van der Waals surface area contributed by atoms with Crippen LogP contribution in [0.4, 0.5) is 15.8 Å². The van der Waals surface area contributed by atoms with Gasteiger partial charge in [-0.25, -0.2) is 4.39 Å². The number of anilines is 2. The molecule has 2 aliphatic heterocycles. The predicted molar refractivity (Wildman–Crippen MR) is 197 cm³/mol. The molecule has 3 N–H and O–H groups in total. The lowest BCUT2D eigenvalue weighted by Crippen LogP contribution is -2.54. The van der Waals surface area contributed by atoms with Crippen molar-refractivity contribution in [2.24, 2.45) is 11.8 Å². The van der Waals surface area contributed by atoms with E-state index in [-0.39, 0.29) is 47.5 Å². The van der Waals surface area contributed by atoms with Gasteiger partial charge in [-0.15, -0.1) is 0 Å². The molecule has 11 nitrogen and oxygen atoms in total. The molecule has 0 bridgehead atoms. The molecule has 12 heteroatoms. The van der Waals surface area contributed by atoms with Gasteiger partial charge in [-0.3, -0.25) is 39.2 Å². The zero-order valence-corrected chi connectivity index (χ0v) is 29.5. The highest BCUT2D eigenvalue weighted by Crippen LogP contribution is 2.41. The first-order valence-electron chi connectivity index (χ1n) is 18.3. The van der Waals surface area contributed by atoms with E-state index in [1.165, 1.54) is 6.07 Å². The van der Waals surface area contributed by atoms with Crippen LogP contribution in [0.2, 0.25) is 0 Å². The molecule has 53 heavy (non-hydrogen) atoms. The molecule has 1 saturated carbocycles. The fourth-order valence-corrected chi connectivity index (χ4v) is 7.83. The van der Waals surface area contributed by atoms with Crippen LogP contribution in [0.3, 0.4) is 0 Å². The maximum absolute atomic E-state index is 14.0. The SMILES string of the molecule is C[C@@H](C(=O)Nc1ccc(OCCCCNc2cccc3c2C(=O)N(C2CCC(=O)NC2=O)C3=O)cc1)C1CCC(c2ccnc3ccc(F)cc23)CC1. The van der Waals surface area contributed by atoms with Crippen LogP contribution in [0.1, 0.15) is 90.5 Å². The number of fused-ring (bicyclic) bond motifs is 2. The molecule has 1 aliphatic carbocycles. The number of hydrogen-bond acceptors (Lipinski definition) is 8. The molecule has 1 aromatic heterocycles. The Kier molecular flexibility index (Phi) is 10.5. The Labute approximate surface area is 306 Å². The van der Waals surface area contributed by atoms with Gasteiger partial charge in [0.25, 0.3) is 11.8 Å². The number of halogens is 1. The second kappa shape index (κ2) is 15.5. The normalized spacial score (nSPS) is 20.6. The maximum atomic E-state index is 14.0. The molecular formula is C41H42FN5O6. The molecule has 5 amide bonds. The number of imide groups is 2. The van der Waals surface area contributed by atoms with E-state index in [1.807, 2.05) is 37.3 Å². The van der Waals surface area contributed by atoms with Gasteiger partial charge in [-0.05, 0) is 123 Å². The van der Waals surface area contributed by atoms with Crippen LogP contribution in [0, 0.1) is 17.7 Å². The minimum absolute atomic E-state index is 0.00939. The lowest BCUT2D eigenvalue weighted by molar-refractivity contribution is -0.136. The van der Waals surface area contributed by atoms with Crippen molar-refractivity contribution in [1.29, 1.82) is 0 Å². The summed E-state index contributed by atoms with van der Waals surface area (Å²) < 4.78 is 19.9. The number of amides is 5. The van der Waals surface area contributed by atoms with E-state index >= 15 is 0 Å². The third-order valence-corrected chi connectivity index (χ3v) is 10.8. The van der Waals surface area contributed by atoms with Gasteiger partial charge in [-0.2, -0.15) is 0 Å². The number of unbranched alkanes of at least 4 members (excludes halogenated alkanes) is 1. The van der Waals surface area contributed by atoms with Crippen LogP contribution in [-0.2, 0) is 14.4 Å². The van der Waals surface area contributed by atoms with Gasteiger partial charge in [0.15, 0.2) is 0 Å². The Balaban J connectivity index is 0.830. The van der Waals surface area contributed by atoms with Gasteiger partial charge >= 0.3 is 0 Å². The van der Waals surface area contributed by atoms with Gasteiger partial charge in [0, 0.05) is 41.8 Å². The molecule has 3 heterocycles. The Morgan fingerprint density at radius 3 is 2.53 bits per heavy atom. The van der Waals surface area contributed by atoms with Crippen molar-refractivity contribution in [3.05, 3.63) is 95.4 Å². The molecule has 2 atom stereocenters. The first kappa shape index (κ1) is 35.7. The number of hydrogen-bond donors (Lipinski definition) is 3. The highest BCUT2D eigenvalue weighted by Gasteiger charge is 2.45. The lowest BCUT2D eigenvalue weighted by atomic mass is 9.73. The van der Waals surface area contributed by atoms with E-state index < -0.39 is 29.7 Å². The largest absolute Gasteiger partial charge is 0.494 e. The fraction of sp³-hybridized carbons (Fsp3) is 0.366. The summed E-state index contributed by atoms with van der Waals surface area (Å²) >= 11 is 0. The van der Waals surface area contributed by atoms with E-state index in [1.54, 1.807) is 36.5 Å². The number of rotatable bonds is 12. The highest BCUT2D eigenvalue weighted by molar-refractivity contribution is 6.25. The zero-order chi connectivity index (χ0) is 37.1. The minimum atomic E-state index is -1.01. The molecular weight excluding hydrogens is 677 g/mol. The fourth-order valence-electron chi connectivity index (χ4n) is 7.83. The summed E-state index contributed by atoms with van der Waals surface area (Å²) in [7, 11) is 0. The number of piperidine rings is 1. The standard InChI is InChI=1S/C41H42FN5O6/c1-24(25-7-9-26(10-8-25)30-19-21-44-33-16-11-27(42)23-32(30)33)38(49)45-28-12-14-29(15-13-28)53-22-3-2-20-43-34-6-4-5-31-37(34)41(52)47(40(31)51)35-17-18-36(48)46-39(35)50/h4-6,11-16,19,21,23-26,35,43H,2-3,7-10,17-18,20,22H2,1H3,(H,45,49)(H,46,48,50)/t24-,25?,26?,35?/m1/s1. The van der Waals surface area contributed by atoms with Crippen molar-refractivity contribution in [2.45, 2.75) is 70.3 Å². The first-order valence-corrected chi connectivity index (χ1v) is 18.3. The summed E-state index contributed by atoms with van der Waals surface area (Å²) in [4.78, 5) is 68.8. The molecule has 3 aromatic carbocycles. The minimum Gasteiger partial charge on any atom is -0.494 e. The number of ether oxygens (including phenoxy) is 1. The van der Waals surface area contributed by atoms with Gasteiger partial charge in [0.05, 0.1) is 23.3 Å². The average Bonchev–Trinajstić information content (AvgIpc) is 3.42. The number of nitrogens with zero attached hydrogens (tertiary/aromatic N) is 2. The van der Waals surface area contributed by atoms with Gasteiger partial charge in [-0.1, -0.05) is 13.0 Å². The van der Waals surface area contributed by atoms with Crippen LogP contribution >= 0.6 is 0 Å². The van der Waals surface area contributed by atoms with E-state index in [9.17, 15) is 28.4 Å². The van der Waals surface area contributed by atoms with E-state index in [0.717, 1.165) is 59.9 Å². The number of carbonyl (C=O) groups excluding carboxylic acids is 5. The summed E-state index contributed by atoms with van der Waals surface area (Å²) in [5.74, 6) is -1.27.